The molecule has 4 aromatic rings. The van der Waals surface area contributed by atoms with Crippen molar-refractivity contribution in [3.8, 4) is 22.1 Å². The normalized spacial score (nSPS) is 10.7. The van der Waals surface area contributed by atoms with Crippen LogP contribution in [0.5, 0.6) is 5.75 Å². The highest BCUT2D eigenvalue weighted by Gasteiger charge is 2.15. The maximum atomic E-state index is 12.6. The summed E-state index contributed by atoms with van der Waals surface area (Å²) in [5.41, 5.74) is 3.13. The van der Waals surface area contributed by atoms with Crippen molar-refractivity contribution in [1.82, 2.24) is 14.8 Å². The summed E-state index contributed by atoms with van der Waals surface area (Å²) in [7, 11) is 1.62. The van der Waals surface area contributed by atoms with Crippen molar-refractivity contribution in [2.45, 2.75) is 13.3 Å². The van der Waals surface area contributed by atoms with Crippen molar-refractivity contribution in [2.24, 2.45) is 0 Å². The van der Waals surface area contributed by atoms with Crippen molar-refractivity contribution < 1.29 is 14.5 Å². The molecule has 0 radical (unpaired) electrons. The lowest BCUT2D eigenvalue weighted by molar-refractivity contribution is -0.384. The highest BCUT2D eigenvalue weighted by atomic mass is 32.1. The highest BCUT2D eigenvalue weighted by Crippen LogP contribution is 2.27. The van der Waals surface area contributed by atoms with E-state index in [0.29, 0.717) is 16.5 Å². The minimum absolute atomic E-state index is 0.0145. The number of ether oxygens (including phenoxy) is 1. The number of nitrogens with one attached hydrogen (secondary N) is 1. The molecule has 0 saturated heterocycles. The molecule has 0 fully saturated rings. The fourth-order valence-corrected chi connectivity index (χ4v) is 3.89. The molecule has 32 heavy (non-hydrogen) atoms. The van der Waals surface area contributed by atoms with Gasteiger partial charge >= 0.3 is 0 Å². The fourth-order valence-electron chi connectivity index (χ4n) is 3.10. The number of hydrogen-bond donors (Lipinski definition) is 1. The van der Waals surface area contributed by atoms with Gasteiger partial charge in [-0.2, -0.15) is 9.78 Å². The van der Waals surface area contributed by atoms with Gasteiger partial charge in [-0.15, -0.1) is 11.3 Å². The molecule has 162 valence electrons. The van der Waals surface area contributed by atoms with Gasteiger partial charge in [0.15, 0.2) is 0 Å². The van der Waals surface area contributed by atoms with Gasteiger partial charge in [-0.25, -0.2) is 4.98 Å². The molecule has 0 saturated carbocycles. The summed E-state index contributed by atoms with van der Waals surface area (Å²) in [6.07, 6.45) is 0.0805. The smallest absolute Gasteiger partial charge is 0.269 e. The Bertz CT molecular complexity index is 1260. The van der Waals surface area contributed by atoms with Crippen molar-refractivity contribution in [2.75, 3.05) is 12.4 Å². The molecule has 2 aromatic heterocycles. The Labute approximate surface area is 187 Å². The zero-order valence-electron chi connectivity index (χ0n) is 17.3. The Morgan fingerprint density at radius 3 is 2.56 bits per heavy atom. The van der Waals surface area contributed by atoms with Gasteiger partial charge in [-0.05, 0) is 36.8 Å². The number of nitro benzene ring substituents is 1. The van der Waals surface area contributed by atoms with Crippen LogP contribution in [0.2, 0.25) is 0 Å². The Hall–Kier alpha value is -4.05. The van der Waals surface area contributed by atoms with E-state index in [1.807, 2.05) is 36.6 Å². The van der Waals surface area contributed by atoms with Crippen molar-refractivity contribution >= 4 is 28.7 Å². The summed E-state index contributed by atoms with van der Waals surface area (Å²) in [5, 5.41) is 20.6. The number of methoxy groups -OCH3 is 1. The van der Waals surface area contributed by atoms with Crippen LogP contribution in [-0.4, -0.2) is 32.7 Å². The van der Waals surface area contributed by atoms with Gasteiger partial charge in [0.2, 0.25) is 11.0 Å². The number of carbonyl (C=O) groups excluding carboxylic acids is 1. The van der Waals surface area contributed by atoms with Crippen LogP contribution >= 0.6 is 11.3 Å². The maximum absolute atomic E-state index is 12.6. The molecule has 10 heteroatoms. The van der Waals surface area contributed by atoms with Gasteiger partial charge in [-0.1, -0.05) is 12.1 Å². The zero-order chi connectivity index (χ0) is 22.7. The highest BCUT2D eigenvalue weighted by molar-refractivity contribution is 7.12. The molecule has 0 spiro atoms. The first kappa shape index (κ1) is 21.2. The third kappa shape index (κ3) is 4.65. The van der Waals surface area contributed by atoms with Gasteiger partial charge in [0.05, 0.1) is 29.8 Å². The minimum Gasteiger partial charge on any atom is -0.497 e. The standard InChI is InChI=1S/C22H19N5O4S/c1-14-11-20(24-21(28)12-15-3-7-17(8-4-15)27(29)30)26(25-14)22-23-19(13-32-22)16-5-9-18(31-2)10-6-16/h3-11,13H,12H2,1-2H3,(H,24,28). The molecule has 1 amide bonds. The number of thiazole rings is 1. The Morgan fingerprint density at radius 1 is 1.19 bits per heavy atom. The number of nitro groups is 1. The molecule has 0 aliphatic rings. The molecule has 0 bridgehead atoms. The van der Waals surface area contributed by atoms with Gasteiger partial charge in [0.1, 0.15) is 11.6 Å². The first-order valence-electron chi connectivity index (χ1n) is 9.63. The van der Waals surface area contributed by atoms with Gasteiger partial charge < -0.3 is 10.1 Å². The third-order valence-electron chi connectivity index (χ3n) is 4.67. The predicted octanol–water partition coefficient (Wildman–Crippen LogP) is 4.40. The van der Waals surface area contributed by atoms with E-state index in [0.717, 1.165) is 22.7 Å². The fraction of sp³-hybridized carbons (Fsp3) is 0.136. The third-order valence-corrected chi connectivity index (χ3v) is 5.49. The summed E-state index contributed by atoms with van der Waals surface area (Å²) in [6, 6.07) is 15.3. The Morgan fingerprint density at radius 2 is 1.91 bits per heavy atom. The number of aromatic nitrogens is 3. The van der Waals surface area contributed by atoms with E-state index in [9.17, 15) is 14.9 Å². The van der Waals surface area contributed by atoms with Crippen LogP contribution in [0.1, 0.15) is 11.3 Å². The molecular formula is C22H19N5O4S. The van der Waals surface area contributed by atoms with E-state index < -0.39 is 4.92 Å². The topological polar surface area (TPSA) is 112 Å². The summed E-state index contributed by atoms with van der Waals surface area (Å²) in [6.45, 7) is 1.83. The number of amides is 1. The second kappa shape index (κ2) is 8.98. The number of hydrogen-bond acceptors (Lipinski definition) is 7. The predicted molar refractivity (Wildman–Crippen MR) is 121 cm³/mol. The summed E-state index contributed by atoms with van der Waals surface area (Å²) in [5.74, 6) is 1.02. The van der Waals surface area contributed by atoms with Crippen LogP contribution in [0.15, 0.2) is 60.0 Å². The molecule has 0 aliphatic carbocycles. The monoisotopic (exact) mass is 449 g/mol. The van der Waals surface area contributed by atoms with E-state index in [1.165, 1.54) is 23.5 Å². The molecule has 2 aromatic carbocycles. The molecule has 0 unspecified atom stereocenters. The van der Waals surface area contributed by atoms with E-state index in [1.54, 1.807) is 30.0 Å². The Balaban J connectivity index is 1.51. The summed E-state index contributed by atoms with van der Waals surface area (Å²) >= 11 is 1.41. The lowest BCUT2D eigenvalue weighted by Crippen LogP contribution is -2.17. The van der Waals surface area contributed by atoms with E-state index >= 15 is 0 Å². The van der Waals surface area contributed by atoms with Crippen molar-refractivity contribution in [3.63, 3.8) is 0 Å². The number of non-ortho nitro benzene ring substituents is 1. The van der Waals surface area contributed by atoms with Gasteiger partial charge in [0, 0.05) is 29.1 Å². The number of nitrogens with zero attached hydrogens (tertiary/aromatic N) is 4. The van der Waals surface area contributed by atoms with E-state index in [4.69, 9.17) is 4.74 Å². The molecular weight excluding hydrogens is 430 g/mol. The Kier molecular flexibility index (Phi) is 5.95. The van der Waals surface area contributed by atoms with Crippen LogP contribution in [0.25, 0.3) is 16.4 Å². The molecule has 2 heterocycles. The number of anilines is 1. The summed E-state index contributed by atoms with van der Waals surface area (Å²) < 4.78 is 6.79. The average Bonchev–Trinajstić information content (AvgIpc) is 3.40. The maximum Gasteiger partial charge on any atom is 0.269 e. The average molecular weight is 449 g/mol. The lowest BCUT2D eigenvalue weighted by Gasteiger charge is -2.07. The van der Waals surface area contributed by atoms with Gasteiger partial charge in [0.25, 0.3) is 5.69 Å². The number of aryl methyl sites for hydroxylation is 1. The van der Waals surface area contributed by atoms with Crippen LogP contribution in [0.3, 0.4) is 0 Å². The molecule has 1 N–H and O–H groups in total. The lowest BCUT2D eigenvalue weighted by atomic mass is 10.1. The second-order valence-electron chi connectivity index (χ2n) is 6.98. The van der Waals surface area contributed by atoms with Crippen LogP contribution in [0.4, 0.5) is 11.5 Å². The number of rotatable bonds is 7. The quantitative estimate of drug-likeness (QED) is 0.331. The molecule has 4 rings (SSSR count). The molecule has 0 atom stereocenters. The van der Waals surface area contributed by atoms with Crippen molar-refractivity contribution in [3.05, 3.63) is 81.3 Å². The van der Waals surface area contributed by atoms with E-state index in [2.05, 4.69) is 15.4 Å². The molecule has 0 aliphatic heterocycles. The first-order chi connectivity index (χ1) is 15.4. The summed E-state index contributed by atoms with van der Waals surface area (Å²) in [4.78, 5) is 27.5. The van der Waals surface area contributed by atoms with Crippen LogP contribution in [-0.2, 0) is 11.2 Å². The second-order valence-corrected chi connectivity index (χ2v) is 7.81. The largest absolute Gasteiger partial charge is 0.497 e. The van der Waals surface area contributed by atoms with Gasteiger partial charge in [-0.3, -0.25) is 14.9 Å². The SMILES string of the molecule is COc1ccc(-c2csc(-n3nc(C)cc3NC(=O)Cc3ccc([N+](=O)[O-])cc3)n2)cc1. The minimum atomic E-state index is -0.473. The zero-order valence-corrected chi connectivity index (χ0v) is 18.1. The number of carbonyl (C=O) groups is 1. The van der Waals surface area contributed by atoms with Crippen molar-refractivity contribution in [1.29, 1.82) is 0 Å². The molecule has 9 nitrogen and oxygen atoms in total. The first-order valence-corrected chi connectivity index (χ1v) is 10.5. The number of benzene rings is 2. The van der Waals surface area contributed by atoms with Crippen LogP contribution in [0, 0.1) is 17.0 Å². The van der Waals surface area contributed by atoms with Crippen LogP contribution < -0.4 is 10.1 Å². The van der Waals surface area contributed by atoms with E-state index in [-0.39, 0.29) is 18.0 Å².